The van der Waals surface area contributed by atoms with E-state index in [0.717, 1.165) is 12.8 Å². The van der Waals surface area contributed by atoms with Crippen molar-refractivity contribution < 1.29 is 19.5 Å². The van der Waals surface area contributed by atoms with E-state index in [9.17, 15) is 19.5 Å². The predicted molar refractivity (Wildman–Crippen MR) is 74.6 cm³/mol. The van der Waals surface area contributed by atoms with Crippen LogP contribution in [0.15, 0.2) is 11.4 Å². The number of anilines is 1. The number of aliphatic carboxylic acids is 1. The maximum atomic E-state index is 12.0. The molecule has 0 saturated heterocycles. The van der Waals surface area contributed by atoms with Gasteiger partial charge in [-0.15, -0.1) is 11.3 Å². The quantitative estimate of drug-likeness (QED) is 0.769. The Morgan fingerprint density at radius 2 is 2.00 bits per heavy atom. The second-order valence-electron chi connectivity index (χ2n) is 5.05. The van der Waals surface area contributed by atoms with Crippen molar-refractivity contribution in [2.75, 3.05) is 5.32 Å². The van der Waals surface area contributed by atoms with Crippen molar-refractivity contribution in [3.8, 4) is 0 Å². The van der Waals surface area contributed by atoms with Crippen LogP contribution in [0.5, 0.6) is 0 Å². The zero-order valence-electron chi connectivity index (χ0n) is 10.8. The first-order chi connectivity index (χ1) is 9.44. The Bertz CT molecular complexity index is 546. The highest BCUT2D eigenvalue weighted by Crippen LogP contribution is 2.41. The van der Waals surface area contributed by atoms with Crippen molar-refractivity contribution >= 4 is 34.1 Å². The maximum absolute atomic E-state index is 12.0. The van der Waals surface area contributed by atoms with Crippen molar-refractivity contribution in [1.29, 1.82) is 0 Å². The average Bonchev–Trinajstić information content (AvgIpc) is 2.98. The number of rotatable bonds is 5. The molecule has 2 amide bonds. The van der Waals surface area contributed by atoms with E-state index in [0.29, 0.717) is 17.8 Å². The standard InChI is InChI=1S/C13H16N2O4S/c14-10(17)8-3-6-20-11(8)15-9(16)7-13(12(18)19)4-1-2-5-13/h3,6H,1-2,4-5,7H2,(H2,14,17)(H,15,16)(H,18,19). The number of hydrogen-bond donors (Lipinski definition) is 3. The molecule has 7 heteroatoms. The molecule has 0 aromatic carbocycles. The Morgan fingerprint density at radius 3 is 2.55 bits per heavy atom. The number of amides is 2. The second kappa shape index (κ2) is 5.62. The summed E-state index contributed by atoms with van der Waals surface area (Å²) < 4.78 is 0. The van der Waals surface area contributed by atoms with Crippen LogP contribution < -0.4 is 11.1 Å². The van der Waals surface area contributed by atoms with Gasteiger partial charge in [-0.05, 0) is 24.3 Å². The van der Waals surface area contributed by atoms with Crippen LogP contribution in [0.4, 0.5) is 5.00 Å². The van der Waals surface area contributed by atoms with Crippen LogP contribution in [-0.4, -0.2) is 22.9 Å². The molecule has 1 aliphatic rings. The van der Waals surface area contributed by atoms with E-state index in [-0.39, 0.29) is 17.9 Å². The van der Waals surface area contributed by atoms with Crippen LogP contribution in [-0.2, 0) is 9.59 Å². The lowest BCUT2D eigenvalue weighted by Gasteiger charge is -2.22. The molecular weight excluding hydrogens is 280 g/mol. The zero-order valence-corrected chi connectivity index (χ0v) is 11.7. The fourth-order valence-corrected chi connectivity index (χ4v) is 3.40. The topological polar surface area (TPSA) is 109 Å². The van der Waals surface area contributed by atoms with Crippen LogP contribution >= 0.6 is 11.3 Å². The number of carbonyl (C=O) groups is 3. The van der Waals surface area contributed by atoms with E-state index >= 15 is 0 Å². The van der Waals surface area contributed by atoms with Gasteiger partial charge in [-0.3, -0.25) is 14.4 Å². The van der Waals surface area contributed by atoms with Crippen LogP contribution in [0, 0.1) is 5.41 Å². The minimum absolute atomic E-state index is 0.0710. The summed E-state index contributed by atoms with van der Waals surface area (Å²) in [6.07, 6.45) is 2.61. The van der Waals surface area contributed by atoms with Gasteiger partial charge in [0.15, 0.2) is 0 Å². The number of carbonyl (C=O) groups excluding carboxylic acids is 2. The predicted octanol–water partition coefficient (Wildman–Crippen LogP) is 1.82. The minimum atomic E-state index is -0.964. The first-order valence-electron chi connectivity index (χ1n) is 6.35. The first-order valence-corrected chi connectivity index (χ1v) is 7.23. The van der Waals surface area contributed by atoms with E-state index in [1.807, 2.05) is 0 Å². The van der Waals surface area contributed by atoms with E-state index in [1.165, 1.54) is 17.4 Å². The van der Waals surface area contributed by atoms with Gasteiger partial charge >= 0.3 is 5.97 Å². The van der Waals surface area contributed by atoms with Crippen LogP contribution in [0.25, 0.3) is 0 Å². The lowest BCUT2D eigenvalue weighted by atomic mass is 9.82. The molecule has 4 N–H and O–H groups in total. The van der Waals surface area contributed by atoms with E-state index in [2.05, 4.69) is 5.32 Å². The van der Waals surface area contributed by atoms with Gasteiger partial charge < -0.3 is 16.2 Å². The molecule has 0 spiro atoms. The van der Waals surface area contributed by atoms with Crippen molar-refractivity contribution in [1.82, 2.24) is 0 Å². The monoisotopic (exact) mass is 296 g/mol. The summed E-state index contributed by atoms with van der Waals surface area (Å²) in [5, 5.41) is 14.0. The third-order valence-corrected chi connectivity index (χ3v) is 4.53. The third-order valence-electron chi connectivity index (χ3n) is 3.70. The Balaban J connectivity index is 2.07. The van der Waals surface area contributed by atoms with Crippen molar-refractivity contribution in [3.05, 3.63) is 17.0 Å². The first kappa shape index (κ1) is 14.5. The lowest BCUT2D eigenvalue weighted by Crippen LogP contribution is -2.32. The van der Waals surface area contributed by atoms with Crippen LogP contribution in [0.1, 0.15) is 42.5 Å². The smallest absolute Gasteiger partial charge is 0.310 e. The lowest BCUT2D eigenvalue weighted by molar-refractivity contribution is -0.150. The van der Waals surface area contributed by atoms with Gasteiger partial charge in [-0.25, -0.2) is 0 Å². The normalized spacial score (nSPS) is 16.8. The molecule has 108 valence electrons. The summed E-state index contributed by atoms with van der Waals surface area (Å²) in [6.45, 7) is 0. The number of primary amides is 1. The van der Waals surface area contributed by atoms with Gasteiger partial charge in [0, 0.05) is 6.42 Å². The molecule has 0 aliphatic heterocycles. The Kier molecular flexibility index (Phi) is 4.08. The molecule has 20 heavy (non-hydrogen) atoms. The molecule has 6 nitrogen and oxygen atoms in total. The van der Waals surface area contributed by atoms with Gasteiger partial charge in [-0.2, -0.15) is 0 Å². The summed E-state index contributed by atoms with van der Waals surface area (Å²) in [5.74, 6) is -1.93. The van der Waals surface area contributed by atoms with E-state index < -0.39 is 17.3 Å². The number of carboxylic acid groups (broad SMARTS) is 1. The highest BCUT2D eigenvalue weighted by molar-refractivity contribution is 7.14. The molecule has 1 heterocycles. The van der Waals surface area contributed by atoms with Crippen molar-refractivity contribution in [2.45, 2.75) is 32.1 Å². The fraction of sp³-hybridized carbons (Fsp3) is 0.462. The Morgan fingerprint density at radius 1 is 1.35 bits per heavy atom. The molecule has 2 rings (SSSR count). The number of nitrogens with one attached hydrogen (secondary N) is 1. The maximum Gasteiger partial charge on any atom is 0.310 e. The molecule has 0 bridgehead atoms. The van der Waals surface area contributed by atoms with Gasteiger partial charge in [0.25, 0.3) is 5.91 Å². The number of thiophene rings is 1. The largest absolute Gasteiger partial charge is 0.481 e. The molecular formula is C13H16N2O4S. The molecule has 0 atom stereocenters. The highest BCUT2D eigenvalue weighted by Gasteiger charge is 2.43. The van der Waals surface area contributed by atoms with Gasteiger partial charge in [0.2, 0.25) is 5.91 Å². The summed E-state index contributed by atoms with van der Waals surface area (Å²) >= 11 is 1.19. The Labute approximate surface area is 120 Å². The second-order valence-corrected chi connectivity index (χ2v) is 5.96. The highest BCUT2D eigenvalue weighted by atomic mass is 32.1. The zero-order chi connectivity index (χ0) is 14.8. The summed E-state index contributed by atoms with van der Waals surface area (Å²) in [4.78, 5) is 34.6. The van der Waals surface area contributed by atoms with Crippen LogP contribution in [0.2, 0.25) is 0 Å². The summed E-state index contributed by atoms with van der Waals surface area (Å²) in [7, 11) is 0. The molecule has 0 unspecified atom stereocenters. The third kappa shape index (κ3) is 2.82. The average molecular weight is 296 g/mol. The molecule has 0 radical (unpaired) electrons. The van der Waals surface area contributed by atoms with Crippen LogP contribution in [0.3, 0.4) is 0 Å². The van der Waals surface area contributed by atoms with E-state index in [1.54, 1.807) is 5.38 Å². The van der Waals surface area contributed by atoms with E-state index in [4.69, 9.17) is 5.73 Å². The van der Waals surface area contributed by atoms with Gasteiger partial charge in [0.1, 0.15) is 5.00 Å². The van der Waals surface area contributed by atoms with Crippen molar-refractivity contribution in [3.63, 3.8) is 0 Å². The number of hydrogen-bond acceptors (Lipinski definition) is 4. The molecule has 1 fully saturated rings. The number of nitrogens with two attached hydrogens (primary N) is 1. The fourth-order valence-electron chi connectivity index (χ4n) is 2.60. The SMILES string of the molecule is NC(=O)c1ccsc1NC(=O)CC1(C(=O)O)CCCC1. The molecule has 1 aliphatic carbocycles. The molecule has 1 aromatic rings. The Hall–Kier alpha value is -1.89. The molecule has 1 saturated carbocycles. The molecule has 1 aromatic heterocycles. The van der Waals surface area contributed by atoms with Gasteiger partial charge in [-0.1, -0.05) is 12.8 Å². The van der Waals surface area contributed by atoms with Gasteiger partial charge in [0.05, 0.1) is 11.0 Å². The minimum Gasteiger partial charge on any atom is -0.481 e. The van der Waals surface area contributed by atoms with Crippen molar-refractivity contribution in [2.24, 2.45) is 11.1 Å². The summed E-state index contributed by atoms with van der Waals surface area (Å²) in [5.41, 5.74) is 4.48. The number of carboxylic acids is 1. The summed E-state index contributed by atoms with van der Waals surface area (Å²) in [6, 6.07) is 1.53.